The maximum atomic E-state index is 7.71. The van der Waals surface area contributed by atoms with Gasteiger partial charge < -0.3 is 13.7 Å². The van der Waals surface area contributed by atoms with E-state index in [4.69, 9.17) is 4.11 Å². The molecule has 11 heteroatoms. The zero-order valence-electron chi connectivity index (χ0n) is 86.6. The van der Waals surface area contributed by atoms with Crippen LogP contribution in [0.15, 0.2) is 329 Å². The Balaban J connectivity index is 0.000000132. The van der Waals surface area contributed by atoms with E-state index in [2.05, 4.69) is 530 Å². The number of imidazole rings is 4. The molecule has 0 spiro atoms. The van der Waals surface area contributed by atoms with Gasteiger partial charge in [-0.2, -0.15) is 32.0 Å². The van der Waals surface area contributed by atoms with E-state index in [0.29, 0.717) is 5.82 Å². The third-order valence-corrected chi connectivity index (χ3v) is 27.5. The summed E-state index contributed by atoms with van der Waals surface area (Å²) < 4.78 is 47.7. The molecule has 0 fully saturated rings. The topological polar surface area (TPSA) is 50.0 Å². The largest absolute Gasteiger partial charge is 0.305 e. The first kappa shape index (κ1) is 88.0. The predicted octanol–water partition coefficient (Wildman–Crippen LogP) is 29.1. The van der Waals surface area contributed by atoms with Crippen LogP contribution >= 0.6 is 0 Å². The fraction of sp³-hybridized carbons (Fsp3) is 0.268. The summed E-state index contributed by atoms with van der Waals surface area (Å²) in [6.07, 6.45) is 16.7. The van der Waals surface area contributed by atoms with E-state index in [9.17, 15) is 0 Å². The van der Waals surface area contributed by atoms with Crippen molar-refractivity contribution < 1.29 is 22.4 Å². The standard InChI is InChI=1S/C45H39N4.C33H32N3.C25H33N2.C20H31N2/c1-30-36(45(3,4)5)20-14-25-37(30)46-28-29-47(31(46)2)44-42(48-38-21-10-6-16-32(38)33-17-7-11-22-39(33)48)26-15-27-43(44)49-40-23-12-8-18-34(40)35-19-9-13-24-41(35)49;1-23-27(33(3,4)5)15-12-20-28(23)34-21-22-35(24(34)2)31-18-10-11-19-32(31)36-29-16-8-6-13-25(29)26-14-7-9-17-30(26)36;1-18-22(25(6,7)8)16-20(24(3,4)5)17-23(18)27-15-14-26(19(27)2)21-12-10-9-11-13-21;1-14-17(20(6,7)8)12-16(19(3,4)5)13-18(14)22-11-10-21(9)15(22)2/h6-29H,1-5H3;6-22H,1-5H3;9-17H,1-8H3;10-13H,1-9H3/q4*+1/i;;;9D3. The molecule has 0 aliphatic carbocycles. The maximum Gasteiger partial charge on any atom is 0.263 e. The number of hydrogen-bond donors (Lipinski definition) is 0. The Labute approximate surface area is 798 Å². The van der Waals surface area contributed by atoms with Gasteiger partial charge in [-0.15, -0.1) is 0 Å². The van der Waals surface area contributed by atoms with E-state index in [0.717, 1.165) is 40.1 Å². The van der Waals surface area contributed by atoms with Gasteiger partial charge in [0, 0.05) is 60.0 Å². The first-order valence-corrected chi connectivity index (χ1v) is 47.5. The van der Waals surface area contributed by atoms with Gasteiger partial charge in [0.05, 0.1) is 61.3 Å². The van der Waals surface area contributed by atoms with E-state index < -0.39 is 6.98 Å². The average molecular weight is 1770 g/mol. The lowest BCUT2D eigenvalue weighted by molar-refractivity contribution is -0.677. The van der Waals surface area contributed by atoms with Crippen LogP contribution in [-0.2, 0) is 39.5 Å². The predicted molar refractivity (Wildman–Crippen MR) is 562 cm³/mol. The molecule has 0 amide bonds. The molecule has 134 heavy (non-hydrogen) atoms. The van der Waals surface area contributed by atoms with Crippen molar-refractivity contribution in [3.8, 4) is 56.9 Å². The van der Waals surface area contributed by atoms with E-state index in [1.807, 2.05) is 17.7 Å². The van der Waals surface area contributed by atoms with Crippen LogP contribution in [0.4, 0.5) is 0 Å². The second kappa shape index (κ2) is 35.2. The number of fused-ring (bicyclic) bond motifs is 9. The van der Waals surface area contributed by atoms with Crippen molar-refractivity contribution >= 4 is 65.4 Å². The van der Waals surface area contributed by atoms with Gasteiger partial charge in [0.2, 0.25) is 0 Å². The molecule has 0 atom stereocenters. The lowest BCUT2D eigenvalue weighted by Crippen LogP contribution is -2.35. The highest BCUT2D eigenvalue weighted by molar-refractivity contribution is 6.12. The minimum Gasteiger partial charge on any atom is -0.305 e. The zero-order valence-corrected chi connectivity index (χ0v) is 83.6. The van der Waals surface area contributed by atoms with Gasteiger partial charge in [0.1, 0.15) is 78.0 Å². The fourth-order valence-electron chi connectivity index (χ4n) is 20.5. The highest BCUT2D eigenvalue weighted by atomic mass is 15.2. The molecule has 7 heterocycles. The van der Waals surface area contributed by atoms with Crippen LogP contribution in [-0.4, -0.2) is 32.0 Å². The summed E-state index contributed by atoms with van der Waals surface area (Å²) in [5.74, 6) is 4.20. The van der Waals surface area contributed by atoms with E-state index in [1.54, 1.807) is 6.20 Å². The Morgan fingerprint density at radius 1 is 0.231 bits per heavy atom. The van der Waals surface area contributed by atoms with E-state index in [-0.39, 0.29) is 32.5 Å². The summed E-state index contributed by atoms with van der Waals surface area (Å²) in [5.41, 5.74) is 32.5. The van der Waals surface area contributed by atoms with Crippen LogP contribution in [0.1, 0.15) is 208 Å². The summed E-state index contributed by atoms with van der Waals surface area (Å²) in [6.45, 7) is 56.0. The molecule has 0 aliphatic rings. The first-order chi connectivity index (χ1) is 64.8. The summed E-state index contributed by atoms with van der Waals surface area (Å²) in [6, 6.07) is 101. The maximum absolute atomic E-state index is 7.71. The van der Waals surface area contributed by atoms with E-state index in [1.165, 1.54) is 160 Å². The van der Waals surface area contributed by atoms with Crippen molar-refractivity contribution in [1.29, 1.82) is 0 Å². The van der Waals surface area contributed by atoms with Crippen molar-refractivity contribution in [1.82, 2.24) is 32.0 Å². The summed E-state index contributed by atoms with van der Waals surface area (Å²) >= 11 is 0. The lowest BCUT2D eigenvalue weighted by atomic mass is 9.78. The zero-order chi connectivity index (χ0) is 97.8. The molecule has 20 aromatic rings. The number of para-hydroxylation sites is 10. The monoisotopic (exact) mass is 1770 g/mol. The molecule has 20 rings (SSSR count). The number of aryl methyl sites for hydroxylation is 1. The molecular formula is C123H135N11+4. The summed E-state index contributed by atoms with van der Waals surface area (Å²) in [5, 5.41) is 7.55. The smallest absolute Gasteiger partial charge is 0.263 e. The van der Waals surface area contributed by atoms with Crippen molar-refractivity contribution in [3.63, 3.8) is 0 Å². The van der Waals surface area contributed by atoms with Crippen LogP contribution in [0.25, 0.3) is 122 Å². The van der Waals surface area contributed by atoms with Gasteiger partial charge in [-0.25, -0.2) is 4.57 Å². The van der Waals surface area contributed by atoms with Gasteiger partial charge in [-0.1, -0.05) is 307 Å². The molecule has 7 aromatic heterocycles. The number of benzene rings is 13. The normalized spacial score (nSPS) is 12.7. The van der Waals surface area contributed by atoms with Crippen molar-refractivity contribution in [3.05, 3.63) is 408 Å². The van der Waals surface area contributed by atoms with Crippen molar-refractivity contribution in [2.45, 2.75) is 213 Å². The highest BCUT2D eigenvalue weighted by Crippen LogP contribution is 2.43. The number of nitrogens with zero attached hydrogens (tertiary/aromatic N) is 11. The molecule has 11 nitrogen and oxygen atoms in total. The highest BCUT2D eigenvalue weighted by Gasteiger charge is 2.34. The van der Waals surface area contributed by atoms with Crippen molar-refractivity contribution in [2.75, 3.05) is 0 Å². The van der Waals surface area contributed by atoms with Gasteiger partial charge in [0.15, 0.2) is 11.4 Å². The third-order valence-electron chi connectivity index (χ3n) is 27.5. The molecule has 13 aromatic carbocycles. The van der Waals surface area contributed by atoms with Crippen LogP contribution in [0.5, 0.6) is 0 Å². The van der Waals surface area contributed by atoms with Crippen LogP contribution in [0.2, 0.25) is 0 Å². The molecule has 0 radical (unpaired) electrons. The molecule has 0 bridgehead atoms. The first-order valence-electron chi connectivity index (χ1n) is 49.0. The molecule has 0 N–H and O–H groups in total. The molecule has 0 saturated heterocycles. The van der Waals surface area contributed by atoms with Crippen LogP contribution < -0.4 is 18.3 Å². The third kappa shape index (κ3) is 16.9. The van der Waals surface area contributed by atoms with Crippen LogP contribution in [0, 0.1) is 55.4 Å². The molecule has 678 valence electrons. The van der Waals surface area contributed by atoms with Gasteiger partial charge in [-0.3, -0.25) is 0 Å². The lowest BCUT2D eigenvalue weighted by Gasteiger charge is -2.27. The van der Waals surface area contributed by atoms with Crippen LogP contribution in [0.3, 0.4) is 0 Å². The quantitative estimate of drug-likeness (QED) is 0.123. The Hall–Kier alpha value is -13.9. The SMILES string of the molecule is Cc1c(-[n+]2ccn(-c3ccccc3)c2C)cc(C(C)(C)C)cc1C(C)(C)C.Cc1c(-[n+]2ccn(-c3ccccc3-n3c4ccccc4c4ccccc43)c2C)cccc1C(C)(C)C.Cc1c(-n2cc[n+](-c3c(-n4c5ccccc5c5ccccc54)cccc3-n3c4ccccc4c4ccccc43)c2C)cccc1C(C)(C)C.[2H]C([2H])([2H])[n+]1ccn(-c2cc(C(C)(C)C)cc(C(C)(C)C)c2C)c1C. The molecule has 0 saturated carbocycles. The Bertz CT molecular complexity index is 7680. The second-order valence-corrected chi connectivity index (χ2v) is 42.7. The fourth-order valence-corrected chi connectivity index (χ4v) is 20.5. The van der Waals surface area contributed by atoms with Gasteiger partial charge in [0.25, 0.3) is 23.3 Å². The van der Waals surface area contributed by atoms with Gasteiger partial charge in [-0.05, 0) is 213 Å². The number of rotatable bonds is 10. The molecular weight excluding hydrogens is 1630 g/mol. The second-order valence-electron chi connectivity index (χ2n) is 42.7. The number of aromatic nitrogens is 11. The van der Waals surface area contributed by atoms with E-state index >= 15 is 0 Å². The Kier molecular flexibility index (Phi) is 23.2. The molecule has 0 unspecified atom stereocenters. The Morgan fingerprint density at radius 2 is 0.545 bits per heavy atom. The Morgan fingerprint density at radius 3 is 0.993 bits per heavy atom. The molecule has 0 aliphatic heterocycles. The summed E-state index contributed by atoms with van der Waals surface area (Å²) in [4.78, 5) is 0. The minimum absolute atomic E-state index is 0.0150. The average Bonchev–Trinajstić information content (AvgIpc) is 1.57. The minimum atomic E-state index is -2.17. The summed E-state index contributed by atoms with van der Waals surface area (Å²) in [7, 11) is 0. The van der Waals surface area contributed by atoms with Crippen molar-refractivity contribution in [2.24, 2.45) is 6.98 Å². The van der Waals surface area contributed by atoms with Gasteiger partial charge >= 0.3 is 0 Å². The number of hydrogen-bond acceptors (Lipinski definition) is 0.